The van der Waals surface area contributed by atoms with E-state index >= 15 is 0 Å². The fraction of sp³-hybridized carbons (Fsp3) is 0.500. The van der Waals surface area contributed by atoms with Gasteiger partial charge < -0.3 is 10.6 Å². The monoisotopic (exact) mass is 210 g/mol. The predicted molar refractivity (Wildman–Crippen MR) is 57.1 cm³/mol. The number of carbonyl (C=O) groups is 1. The van der Waals surface area contributed by atoms with Gasteiger partial charge in [-0.2, -0.15) is 0 Å². The summed E-state index contributed by atoms with van der Waals surface area (Å²) in [5.41, 5.74) is 0. The van der Waals surface area contributed by atoms with E-state index in [4.69, 9.17) is 0 Å². The third-order valence-corrected chi connectivity index (χ3v) is 3.32. The molecule has 0 radical (unpaired) electrons. The quantitative estimate of drug-likeness (QED) is 0.780. The maximum absolute atomic E-state index is 11.6. The van der Waals surface area contributed by atoms with Gasteiger partial charge in [0.25, 0.3) is 0 Å². The van der Waals surface area contributed by atoms with E-state index in [9.17, 15) is 4.79 Å². The molecule has 1 aliphatic rings. The van der Waals surface area contributed by atoms with Gasteiger partial charge in [0.1, 0.15) is 0 Å². The number of carbonyl (C=O) groups excluding carboxylic acids is 1. The van der Waals surface area contributed by atoms with Crippen LogP contribution in [-0.4, -0.2) is 19.0 Å². The summed E-state index contributed by atoms with van der Waals surface area (Å²) in [5.74, 6) is 0.360. The summed E-state index contributed by atoms with van der Waals surface area (Å²) < 4.78 is 0. The number of rotatable bonds is 3. The Morgan fingerprint density at radius 2 is 2.64 bits per heavy atom. The third-order valence-electron chi connectivity index (χ3n) is 2.45. The van der Waals surface area contributed by atoms with Crippen molar-refractivity contribution in [3.8, 4) is 0 Å². The highest BCUT2D eigenvalue weighted by Gasteiger charge is 2.21. The highest BCUT2D eigenvalue weighted by atomic mass is 32.1. The van der Waals surface area contributed by atoms with Gasteiger partial charge in [-0.25, -0.2) is 0 Å². The van der Waals surface area contributed by atoms with Gasteiger partial charge in [0.15, 0.2) is 0 Å². The zero-order chi connectivity index (χ0) is 9.80. The fourth-order valence-electron chi connectivity index (χ4n) is 1.61. The van der Waals surface area contributed by atoms with E-state index in [0.29, 0.717) is 6.54 Å². The molecule has 14 heavy (non-hydrogen) atoms. The SMILES string of the molecule is O=C(NCc1cccs1)[C@@H]1CCNC1. The van der Waals surface area contributed by atoms with E-state index in [-0.39, 0.29) is 11.8 Å². The number of thiophene rings is 1. The lowest BCUT2D eigenvalue weighted by Crippen LogP contribution is -2.31. The van der Waals surface area contributed by atoms with Gasteiger partial charge in [0.2, 0.25) is 5.91 Å². The van der Waals surface area contributed by atoms with E-state index in [2.05, 4.69) is 10.6 Å². The van der Waals surface area contributed by atoms with Crippen LogP contribution >= 0.6 is 11.3 Å². The van der Waals surface area contributed by atoms with Crippen molar-refractivity contribution in [2.75, 3.05) is 13.1 Å². The number of amides is 1. The molecule has 1 saturated heterocycles. The van der Waals surface area contributed by atoms with Crippen LogP contribution in [0.1, 0.15) is 11.3 Å². The van der Waals surface area contributed by atoms with Gasteiger partial charge in [-0.1, -0.05) is 6.07 Å². The first-order valence-electron chi connectivity index (χ1n) is 4.87. The average Bonchev–Trinajstić information content (AvgIpc) is 2.87. The second kappa shape index (κ2) is 4.57. The van der Waals surface area contributed by atoms with Gasteiger partial charge in [-0.3, -0.25) is 4.79 Å². The molecular weight excluding hydrogens is 196 g/mol. The van der Waals surface area contributed by atoms with Crippen LogP contribution in [0, 0.1) is 5.92 Å². The Kier molecular flexibility index (Phi) is 3.16. The van der Waals surface area contributed by atoms with Crippen molar-refractivity contribution in [1.29, 1.82) is 0 Å². The topological polar surface area (TPSA) is 41.1 Å². The van der Waals surface area contributed by atoms with Gasteiger partial charge in [0.05, 0.1) is 12.5 Å². The Labute approximate surface area is 87.5 Å². The Bertz CT molecular complexity index is 291. The van der Waals surface area contributed by atoms with Crippen molar-refractivity contribution in [2.45, 2.75) is 13.0 Å². The maximum atomic E-state index is 11.6. The summed E-state index contributed by atoms with van der Waals surface area (Å²) in [7, 11) is 0. The van der Waals surface area contributed by atoms with E-state index < -0.39 is 0 Å². The predicted octanol–water partition coefficient (Wildman–Crippen LogP) is 0.974. The van der Waals surface area contributed by atoms with Crippen molar-refractivity contribution in [3.63, 3.8) is 0 Å². The fourth-order valence-corrected chi connectivity index (χ4v) is 2.25. The summed E-state index contributed by atoms with van der Waals surface area (Å²) in [5, 5.41) is 8.17. The van der Waals surface area contributed by atoms with E-state index in [1.165, 1.54) is 4.88 Å². The molecule has 4 heteroatoms. The molecule has 0 bridgehead atoms. The van der Waals surface area contributed by atoms with Crippen molar-refractivity contribution >= 4 is 17.2 Å². The average molecular weight is 210 g/mol. The molecule has 0 saturated carbocycles. The van der Waals surface area contributed by atoms with E-state index in [0.717, 1.165) is 19.5 Å². The summed E-state index contributed by atoms with van der Waals surface area (Å²) in [6.07, 6.45) is 0.969. The van der Waals surface area contributed by atoms with Gasteiger partial charge in [-0.05, 0) is 24.4 Å². The molecule has 1 atom stereocenters. The van der Waals surface area contributed by atoms with Crippen LogP contribution in [0.4, 0.5) is 0 Å². The van der Waals surface area contributed by atoms with Crippen LogP contribution in [0.2, 0.25) is 0 Å². The van der Waals surface area contributed by atoms with Crippen LogP contribution in [0.25, 0.3) is 0 Å². The smallest absolute Gasteiger partial charge is 0.224 e. The molecule has 2 N–H and O–H groups in total. The van der Waals surface area contributed by atoms with E-state index in [1.54, 1.807) is 11.3 Å². The molecule has 1 aromatic rings. The first-order valence-corrected chi connectivity index (χ1v) is 5.75. The summed E-state index contributed by atoms with van der Waals surface area (Å²) in [4.78, 5) is 12.8. The summed E-state index contributed by atoms with van der Waals surface area (Å²) in [6.45, 7) is 2.47. The molecule has 2 heterocycles. The van der Waals surface area contributed by atoms with Gasteiger partial charge in [0, 0.05) is 11.4 Å². The van der Waals surface area contributed by atoms with Crippen LogP contribution < -0.4 is 10.6 Å². The largest absolute Gasteiger partial charge is 0.351 e. The highest BCUT2D eigenvalue weighted by Crippen LogP contribution is 2.10. The van der Waals surface area contributed by atoms with Crippen LogP contribution in [-0.2, 0) is 11.3 Å². The molecule has 1 aromatic heterocycles. The van der Waals surface area contributed by atoms with Crippen molar-refractivity contribution in [2.24, 2.45) is 5.92 Å². The lowest BCUT2D eigenvalue weighted by Gasteiger charge is -2.08. The molecule has 76 valence electrons. The van der Waals surface area contributed by atoms with Crippen molar-refractivity contribution < 1.29 is 4.79 Å². The maximum Gasteiger partial charge on any atom is 0.224 e. The molecule has 1 aliphatic heterocycles. The normalized spacial score (nSPS) is 21.0. The third kappa shape index (κ3) is 2.33. The molecular formula is C10H14N2OS. The zero-order valence-corrected chi connectivity index (χ0v) is 8.77. The molecule has 0 unspecified atom stereocenters. The molecule has 0 aromatic carbocycles. The summed E-state index contributed by atoms with van der Waals surface area (Å²) in [6, 6.07) is 4.04. The number of hydrogen-bond acceptors (Lipinski definition) is 3. The second-order valence-electron chi connectivity index (χ2n) is 3.49. The lowest BCUT2D eigenvalue weighted by atomic mass is 10.1. The van der Waals surface area contributed by atoms with Crippen molar-refractivity contribution in [3.05, 3.63) is 22.4 Å². The first kappa shape index (κ1) is 9.68. The molecule has 1 amide bonds. The van der Waals surface area contributed by atoms with Crippen LogP contribution in [0.5, 0.6) is 0 Å². The van der Waals surface area contributed by atoms with Gasteiger partial charge >= 0.3 is 0 Å². The molecule has 1 fully saturated rings. The second-order valence-corrected chi connectivity index (χ2v) is 4.52. The van der Waals surface area contributed by atoms with Crippen LogP contribution in [0.15, 0.2) is 17.5 Å². The van der Waals surface area contributed by atoms with Gasteiger partial charge in [-0.15, -0.1) is 11.3 Å². The van der Waals surface area contributed by atoms with E-state index in [1.807, 2.05) is 17.5 Å². The Morgan fingerprint density at radius 3 is 3.29 bits per heavy atom. The minimum Gasteiger partial charge on any atom is -0.351 e. The molecule has 2 rings (SSSR count). The summed E-state index contributed by atoms with van der Waals surface area (Å²) >= 11 is 1.68. The Morgan fingerprint density at radius 1 is 1.71 bits per heavy atom. The molecule has 0 spiro atoms. The minimum atomic E-state index is 0.176. The lowest BCUT2D eigenvalue weighted by molar-refractivity contribution is -0.124. The zero-order valence-electron chi connectivity index (χ0n) is 7.95. The first-order chi connectivity index (χ1) is 6.86. The molecule has 3 nitrogen and oxygen atoms in total. The number of hydrogen-bond donors (Lipinski definition) is 2. The minimum absolute atomic E-state index is 0.176. The highest BCUT2D eigenvalue weighted by molar-refractivity contribution is 7.09. The van der Waals surface area contributed by atoms with Crippen LogP contribution in [0.3, 0.4) is 0 Å². The Hall–Kier alpha value is -0.870. The standard InChI is InChI=1S/C10H14N2OS/c13-10(8-3-4-11-6-8)12-7-9-2-1-5-14-9/h1-2,5,8,11H,3-4,6-7H2,(H,12,13)/t8-/m1/s1. The molecule has 0 aliphatic carbocycles. The number of nitrogens with one attached hydrogen (secondary N) is 2. The van der Waals surface area contributed by atoms with Crippen molar-refractivity contribution in [1.82, 2.24) is 10.6 Å². The Balaban J connectivity index is 1.77.